The van der Waals surface area contributed by atoms with Crippen molar-refractivity contribution in [1.82, 2.24) is 5.32 Å². The van der Waals surface area contributed by atoms with Crippen LogP contribution < -0.4 is 15.5 Å². The molecular formula is C19H23N3O. The number of benzene rings is 2. The number of nitrogens with one attached hydrogen (secondary N) is 2. The highest BCUT2D eigenvalue weighted by Gasteiger charge is 2.13. The largest absolute Gasteiger partial charge is 0.374 e. The third kappa shape index (κ3) is 4.03. The molecule has 0 saturated heterocycles. The summed E-state index contributed by atoms with van der Waals surface area (Å²) in [6.07, 6.45) is 3.21. The summed E-state index contributed by atoms with van der Waals surface area (Å²) < 4.78 is 0. The van der Waals surface area contributed by atoms with E-state index >= 15 is 0 Å². The Kier molecular flexibility index (Phi) is 4.81. The number of amides is 2. The van der Waals surface area contributed by atoms with Gasteiger partial charge in [0, 0.05) is 31.5 Å². The molecule has 2 amide bonds. The summed E-state index contributed by atoms with van der Waals surface area (Å²) in [6, 6.07) is 16.0. The quantitative estimate of drug-likeness (QED) is 0.909. The van der Waals surface area contributed by atoms with Crippen molar-refractivity contribution < 1.29 is 4.79 Å². The van der Waals surface area contributed by atoms with Crippen LogP contribution in [0.15, 0.2) is 48.5 Å². The fraction of sp³-hybridized carbons (Fsp3) is 0.316. The minimum atomic E-state index is -0.158. The summed E-state index contributed by atoms with van der Waals surface area (Å²) in [4.78, 5) is 14.2. The van der Waals surface area contributed by atoms with Crippen LogP contribution in [0.4, 0.5) is 16.2 Å². The maximum atomic E-state index is 11.8. The van der Waals surface area contributed by atoms with Crippen molar-refractivity contribution in [3.63, 3.8) is 0 Å². The highest BCUT2D eigenvalue weighted by atomic mass is 16.2. The Morgan fingerprint density at radius 1 is 1.17 bits per heavy atom. The maximum Gasteiger partial charge on any atom is 0.319 e. The molecule has 2 aromatic rings. The van der Waals surface area contributed by atoms with Gasteiger partial charge in [0.25, 0.3) is 0 Å². The van der Waals surface area contributed by atoms with Crippen molar-refractivity contribution in [1.29, 1.82) is 0 Å². The van der Waals surface area contributed by atoms with Crippen LogP contribution in [0.1, 0.15) is 17.5 Å². The van der Waals surface area contributed by atoms with E-state index in [0.29, 0.717) is 6.54 Å². The molecule has 0 aliphatic carbocycles. The fourth-order valence-electron chi connectivity index (χ4n) is 3.01. The van der Waals surface area contributed by atoms with Gasteiger partial charge in [-0.05, 0) is 48.6 Å². The lowest BCUT2D eigenvalue weighted by Gasteiger charge is -2.27. The highest BCUT2D eigenvalue weighted by Crippen LogP contribution is 2.26. The highest BCUT2D eigenvalue weighted by molar-refractivity contribution is 5.89. The summed E-state index contributed by atoms with van der Waals surface area (Å²) >= 11 is 0. The van der Waals surface area contributed by atoms with Gasteiger partial charge >= 0.3 is 6.03 Å². The average molecular weight is 309 g/mol. The second-order valence-electron chi connectivity index (χ2n) is 5.99. The lowest BCUT2D eigenvalue weighted by molar-refractivity contribution is 0.252. The van der Waals surface area contributed by atoms with Crippen molar-refractivity contribution >= 4 is 17.4 Å². The topological polar surface area (TPSA) is 44.4 Å². The van der Waals surface area contributed by atoms with E-state index in [0.717, 1.165) is 25.1 Å². The van der Waals surface area contributed by atoms with E-state index < -0.39 is 0 Å². The van der Waals surface area contributed by atoms with Crippen molar-refractivity contribution in [2.24, 2.45) is 0 Å². The Bertz CT molecular complexity index is 670. The zero-order chi connectivity index (χ0) is 16.1. The van der Waals surface area contributed by atoms with E-state index in [1.807, 2.05) is 30.3 Å². The van der Waals surface area contributed by atoms with Crippen molar-refractivity contribution in [3.05, 3.63) is 59.7 Å². The number of anilines is 2. The predicted molar refractivity (Wildman–Crippen MR) is 95.2 cm³/mol. The van der Waals surface area contributed by atoms with Gasteiger partial charge in [-0.1, -0.05) is 30.3 Å². The summed E-state index contributed by atoms with van der Waals surface area (Å²) in [6.45, 7) is 1.76. The summed E-state index contributed by atoms with van der Waals surface area (Å²) in [5, 5.41) is 5.74. The van der Waals surface area contributed by atoms with Gasteiger partial charge in [-0.3, -0.25) is 0 Å². The maximum absolute atomic E-state index is 11.8. The molecule has 0 aromatic heterocycles. The van der Waals surface area contributed by atoms with E-state index in [9.17, 15) is 4.79 Å². The molecule has 2 aromatic carbocycles. The van der Waals surface area contributed by atoms with E-state index in [1.165, 1.54) is 23.2 Å². The first-order chi connectivity index (χ1) is 11.2. The van der Waals surface area contributed by atoms with Gasteiger partial charge < -0.3 is 15.5 Å². The molecule has 0 bridgehead atoms. The predicted octanol–water partition coefficient (Wildman–Crippen LogP) is 3.43. The van der Waals surface area contributed by atoms with Gasteiger partial charge in [-0.25, -0.2) is 4.79 Å². The first-order valence-electron chi connectivity index (χ1n) is 8.15. The van der Waals surface area contributed by atoms with Crippen molar-refractivity contribution in [3.8, 4) is 0 Å². The van der Waals surface area contributed by atoms with E-state index in [2.05, 4.69) is 40.8 Å². The number of urea groups is 1. The molecule has 0 saturated carbocycles. The van der Waals surface area contributed by atoms with Crippen LogP contribution in [0, 0.1) is 0 Å². The minimum absolute atomic E-state index is 0.158. The number of hydrogen-bond acceptors (Lipinski definition) is 2. The van der Waals surface area contributed by atoms with Crippen LogP contribution in [-0.4, -0.2) is 26.2 Å². The number of aryl methyl sites for hydroxylation is 1. The lowest BCUT2D eigenvalue weighted by atomic mass is 9.98. The van der Waals surface area contributed by atoms with Crippen LogP contribution >= 0.6 is 0 Å². The molecule has 0 unspecified atom stereocenters. The van der Waals surface area contributed by atoms with Gasteiger partial charge in [-0.15, -0.1) is 0 Å². The average Bonchev–Trinajstić information content (AvgIpc) is 2.56. The first kappa shape index (κ1) is 15.4. The zero-order valence-corrected chi connectivity index (χ0v) is 13.5. The van der Waals surface area contributed by atoms with Crippen LogP contribution in [0.5, 0.6) is 0 Å². The molecule has 4 nitrogen and oxygen atoms in total. The molecule has 4 heteroatoms. The Morgan fingerprint density at radius 3 is 2.83 bits per heavy atom. The van der Waals surface area contributed by atoms with Crippen molar-refractivity contribution in [2.75, 3.05) is 30.4 Å². The Balaban J connectivity index is 1.50. The molecule has 23 heavy (non-hydrogen) atoms. The van der Waals surface area contributed by atoms with Crippen LogP contribution in [-0.2, 0) is 12.8 Å². The number of carbonyl (C=O) groups excluding carboxylic acids is 1. The van der Waals surface area contributed by atoms with Crippen molar-refractivity contribution in [2.45, 2.75) is 19.3 Å². The van der Waals surface area contributed by atoms with Gasteiger partial charge in [0.2, 0.25) is 0 Å². The molecule has 120 valence electrons. The number of para-hydroxylation sites is 1. The Morgan fingerprint density at radius 2 is 2.00 bits per heavy atom. The number of hydrogen-bond donors (Lipinski definition) is 2. The second kappa shape index (κ2) is 7.18. The van der Waals surface area contributed by atoms with Gasteiger partial charge in [0.05, 0.1) is 0 Å². The fourth-order valence-corrected chi connectivity index (χ4v) is 3.01. The summed E-state index contributed by atoms with van der Waals surface area (Å²) in [5.41, 5.74) is 4.85. The molecule has 1 heterocycles. The van der Waals surface area contributed by atoms with E-state index in [-0.39, 0.29) is 6.03 Å². The molecule has 0 spiro atoms. The molecule has 1 aliphatic rings. The van der Waals surface area contributed by atoms with Crippen LogP contribution in [0.3, 0.4) is 0 Å². The van der Waals surface area contributed by atoms with Gasteiger partial charge in [-0.2, -0.15) is 0 Å². The number of fused-ring (bicyclic) bond motifs is 1. The molecule has 3 rings (SSSR count). The van der Waals surface area contributed by atoms with Gasteiger partial charge in [0.1, 0.15) is 0 Å². The molecule has 0 fully saturated rings. The zero-order valence-electron chi connectivity index (χ0n) is 13.5. The normalized spacial score (nSPS) is 13.3. The monoisotopic (exact) mass is 309 g/mol. The lowest BCUT2D eigenvalue weighted by Crippen LogP contribution is -2.30. The molecule has 2 N–H and O–H groups in total. The van der Waals surface area contributed by atoms with Crippen LogP contribution in [0.25, 0.3) is 0 Å². The van der Waals surface area contributed by atoms with Gasteiger partial charge in [0.15, 0.2) is 0 Å². The third-order valence-electron chi connectivity index (χ3n) is 4.23. The summed E-state index contributed by atoms with van der Waals surface area (Å²) in [5.74, 6) is 0. The second-order valence-corrected chi connectivity index (χ2v) is 5.99. The molecule has 0 atom stereocenters. The van der Waals surface area contributed by atoms with E-state index in [4.69, 9.17) is 0 Å². The third-order valence-corrected chi connectivity index (χ3v) is 4.23. The Hall–Kier alpha value is -2.49. The molecule has 0 radical (unpaired) electrons. The molecular weight excluding hydrogens is 286 g/mol. The Labute approximate surface area is 137 Å². The molecule has 1 aliphatic heterocycles. The number of nitrogens with zero attached hydrogens (tertiary/aromatic N) is 1. The van der Waals surface area contributed by atoms with Crippen LogP contribution in [0.2, 0.25) is 0 Å². The van der Waals surface area contributed by atoms with E-state index in [1.54, 1.807) is 0 Å². The summed E-state index contributed by atoms with van der Waals surface area (Å²) in [7, 11) is 2.15. The minimum Gasteiger partial charge on any atom is -0.374 e. The standard InChI is InChI=1S/C19H23N3O/c1-22-13-5-6-16-14-15(9-10-18(16)22)11-12-20-19(23)21-17-7-3-2-4-8-17/h2-4,7-10,14H,5-6,11-13H2,1H3,(H2,20,21,23). The number of rotatable bonds is 4. The smallest absolute Gasteiger partial charge is 0.319 e. The SMILES string of the molecule is CN1CCCc2cc(CCNC(=O)Nc3ccccc3)ccc21. The first-order valence-corrected chi connectivity index (χ1v) is 8.15. The number of carbonyl (C=O) groups is 1.